The standard InChI is InChI=1S/C13H13BrIN3/c14-10-1-4-13(18-8-11(15)7-17-18)9(5-10)6-16-12-2-3-12/h1,4-5,7-8,12,16H,2-3,6H2. The van der Waals surface area contributed by atoms with E-state index < -0.39 is 0 Å². The fourth-order valence-electron chi connectivity index (χ4n) is 1.89. The van der Waals surface area contributed by atoms with Crippen LogP contribution in [0.3, 0.4) is 0 Å². The maximum Gasteiger partial charge on any atom is 0.0691 e. The molecule has 3 rings (SSSR count). The highest BCUT2D eigenvalue weighted by atomic mass is 127. The van der Waals surface area contributed by atoms with Gasteiger partial charge in [-0.1, -0.05) is 15.9 Å². The van der Waals surface area contributed by atoms with Gasteiger partial charge in [0, 0.05) is 23.3 Å². The normalized spacial score (nSPS) is 15.0. The van der Waals surface area contributed by atoms with Crippen molar-refractivity contribution in [3.8, 4) is 5.69 Å². The van der Waals surface area contributed by atoms with E-state index in [0.717, 1.165) is 26.3 Å². The maximum absolute atomic E-state index is 4.39. The van der Waals surface area contributed by atoms with E-state index in [1.165, 1.54) is 18.4 Å². The summed E-state index contributed by atoms with van der Waals surface area (Å²) in [6.07, 6.45) is 6.54. The van der Waals surface area contributed by atoms with Crippen LogP contribution in [-0.4, -0.2) is 15.8 Å². The van der Waals surface area contributed by atoms with Gasteiger partial charge < -0.3 is 5.32 Å². The monoisotopic (exact) mass is 417 g/mol. The smallest absolute Gasteiger partial charge is 0.0691 e. The molecular formula is C13H13BrIN3. The number of hydrogen-bond donors (Lipinski definition) is 1. The summed E-state index contributed by atoms with van der Waals surface area (Å²) in [5.74, 6) is 0. The molecular weight excluding hydrogens is 405 g/mol. The van der Waals surface area contributed by atoms with E-state index in [1.807, 2.05) is 17.1 Å². The zero-order chi connectivity index (χ0) is 12.5. The molecule has 1 heterocycles. The summed E-state index contributed by atoms with van der Waals surface area (Å²) in [6.45, 7) is 0.899. The van der Waals surface area contributed by atoms with Gasteiger partial charge in [-0.25, -0.2) is 4.68 Å². The molecule has 94 valence electrons. The zero-order valence-electron chi connectivity index (χ0n) is 9.74. The second-order valence-electron chi connectivity index (χ2n) is 4.53. The van der Waals surface area contributed by atoms with Gasteiger partial charge in [0.2, 0.25) is 0 Å². The molecule has 0 unspecified atom stereocenters. The van der Waals surface area contributed by atoms with Crippen LogP contribution in [0.4, 0.5) is 0 Å². The molecule has 0 amide bonds. The van der Waals surface area contributed by atoms with Gasteiger partial charge in [-0.15, -0.1) is 0 Å². The number of aromatic nitrogens is 2. The number of nitrogens with zero attached hydrogens (tertiary/aromatic N) is 2. The topological polar surface area (TPSA) is 29.9 Å². The summed E-state index contributed by atoms with van der Waals surface area (Å²) in [7, 11) is 0. The third kappa shape index (κ3) is 2.95. The van der Waals surface area contributed by atoms with Gasteiger partial charge in [0.05, 0.1) is 15.5 Å². The van der Waals surface area contributed by atoms with Crippen LogP contribution in [0, 0.1) is 3.57 Å². The highest BCUT2D eigenvalue weighted by molar-refractivity contribution is 14.1. The highest BCUT2D eigenvalue weighted by Gasteiger charge is 2.20. The summed E-state index contributed by atoms with van der Waals surface area (Å²) >= 11 is 5.82. The molecule has 0 radical (unpaired) electrons. The van der Waals surface area contributed by atoms with Crippen LogP contribution in [0.5, 0.6) is 0 Å². The maximum atomic E-state index is 4.39. The van der Waals surface area contributed by atoms with E-state index in [2.05, 4.69) is 67.1 Å². The lowest BCUT2D eigenvalue weighted by Crippen LogP contribution is -2.17. The Morgan fingerprint density at radius 3 is 2.94 bits per heavy atom. The lowest BCUT2D eigenvalue weighted by molar-refractivity contribution is 0.681. The predicted molar refractivity (Wildman–Crippen MR) is 83.8 cm³/mol. The Hall–Kier alpha value is -0.400. The first kappa shape index (κ1) is 12.6. The molecule has 0 saturated heterocycles. The van der Waals surface area contributed by atoms with E-state index in [4.69, 9.17) is 0 Å². The average molecular weight is 418 g/mol. The quantitative estimate of drug-likeness (QED) is 0.771. The second kappa shape index (κ2) is 5.30. The molecule has 0 aliphatic heterocycles. The Balaban J connectivity index is 1.91. The summed E-state index contributed by atoms with van der Waals surface area (Å²) in [5, 5.41) is 7.94. The summed E-state index contributed by atoms with van der Waals surface area (Å²) in [5.41, 5.74) is 2.42. The number of halogens is 2. The van der Waals surface area contributed by atoms with Crippen LogP contribution < -0.4 is 5.32 Å². The molecule has 3 nitrogen and oxygen atoms in total. The summed E-state index contributed by atoms with van der Waals surface area (Å²) in [6, 6.07) is 7.05. The van der Waals surface area contributed by atoms with Crippen LogP contribution in [-0.2, 0) is 6.54 Å². The lowest BCUT2D eigenvalue weighted by Gasteiger charge is -2.11. The van der Waals surface area contributed by atoms with Gasteiger partial charge in [0.25, 0.3) is 0 Å². The molecule has 18 heavy (non-hydrogen) atoms. The van der Waals surface area contributed by atoms with Crippen molar-refractivity contribution in [1.29, 1.82) is 0 Å². The first-order valence-electron chi connectivity index (χ1n) is 5.95. The van der Waals surface area contributed by atoms with Gasteiger partial charge in [0.15, 0.2) is 0 Å². The predicted octanol–water partition coefficient (Wildman–Crippen LogP) is 3.49. The van der Waals surface area contributed by atoms with Crippen molar-refractivity contribution < 1.29 is 0 Å². The van der Waals surface area contributed by atoms with E-state index >= 15 is 0 Å². The molecule has 2 aromatic rings. The first-order chi connectivity index (χ1) is 8.72. The van der Waals surface area contributed by atoms with Crippen LogP contribution >= 0.6 is 38.5 Å². The summed E-state index contributed by atoms with van der Waals surface area (Å²) < 4.78 is 4.20. The molecule has 1 aromatic carbocycles. The molecule has 1 N–H and O–H groups in total. The lowest BCUT2D eigenvalue weighted by atomic mass is 10.2. The Bertz CT molecular complexity index is 563. The van der Waals surface area contributed by atoms with Gasteiger partial charge in [-0.3, -0.25) is 0 Å². The average Bonchev–Trinajstić information content (AvgIpc) is 3.08. The minimum Gasteiger partial charge on any atom is -0.310 e. The number of benzene rings is 1. The first-order valence-corrected chi connectivity index (χ1v) is 7.82. The Kier molecular flexibility index (Phi) is 3.72. The molecule has 0 spiro atoms. The molecule has 1 fully saturated rings. The SMILES string of the molecule is Brc1ccc(-n2cc(I)cn2)c(CNC2CC2)c1. The van der Waals surface area contributed by atoms with E-state index in [9.17, 15) is 0 Å². The van der Waals surface area contributed by atoms with Crippen LogP contribution in [0.25, 0.3) is 5.69 Å². The van der Waals surface area contributed by atoms with Crippen LogP contribution in [0.2, 0.25) is 0 Å². The van der Waals surface area contributed by atoms with Crippen molar-refractivity contribution in [2.75, 3.05) is 0 Å². The highest BCUT2D eigenvalue weighted by Crippen LogP contribution is 2.23. The number of nitrogens with one attached hydrogen (secondary N) is 1. The minimum absolute atomic E-state index is 0.717. The fraction of sp³-hybridized carbons (Fsp3) is 0.308. The zero-order valence-corrected chi connectivity index (χ0v) is 13.5. The molecule has 1 aliphatic rings. The molecule has 5 heteroatoms. The van der Waals surface area contributed by atoms with Crippen molar-refractivity contribution >= 4 is 38.5 Å². The molecule has 0 bridgehead atoms. The minimum atomic E-state index is 0.717. The largest absolute Gasteiger partial charge is 0.310 e. The van der Waals surface area contributed by atoms with Crippen molar-refractivity contribution in [2.45, 2.75) is 25.4 Å². The van der Waals surface area contributed by atoms with Gasteiger partial charge in [-0.2, -0.15) is 5.10 Å². The second-order valence-corrected chi connectivity index (χ2v) is 6.69. The van der Waals surface area contributed by atoms with E-state index in [1.54, 1.807) is 0 Å². The van der Waals surface area contributed by atoms with Crippen molar-refractivity contribution in [1.82, 2.24) is 15.1 Å². The number of hydrogen-bond acceptors (Lipinski definition) is 2. The van der Waals surface area contributed by atoms with Crippen LogP contribution in [0.15, 0.2) is 35.1 Å². The summed E-state index contributed by atoms with van der Waals surface area (Å²) in [4.78, 5) is 0. The van der Waals surface area contributed by atoms with Crippen molar-refractivity contribution in [3.05, 3.63) is 44.2 Å². The Labute approximate surface area is 128 Å². The van der Waals surface area contributed by atoms with E-state index in [-0.39, 0.29) is 0 Å². The molecule has 0 atom stereocenters. The van der Waals surface area contributed by atoms with Gasteiger partial charge >= 0.3 is 0 Å². The van der Waals surface area contributed by atoms with Crippen molar-refractivity contribution in [2.24, 2.45) is 0 Å². The molecule has 1 aromatic heterocycles. The van der Waals surface area contributed by atoms with Gasteiger partial charge in [-0.05, 0) is 59.2 Å². The van der Waals surface area contributed by atoms with E-state index in [0.29, 0.717) is 0 Å². The Morgan fingerprint density at radius 1 is 1.44 bits per heavy atom. The van der Waals surface area contributed by atoms with Gasteiger partial charge in [0.1, 0.15) is 0 Å². The molecule has 1 aliphatic carbocycles. The number of rotatable bonds is 4. The van der Waals surface area contributed by atoms with Crippen molar-refractivity contribution in [3.63, 3.8) is 0 Å². The Morgan fingerprint density at radius 2 is 2.28 bits per heavy atom. The fourth-order valence-corrected chi connectivity index (χ4v) is 2.69. The third-order valence-corrected chi connectivity index (χ3v) is 4.05. The molecule has 1 saturated carbocycles. The van der Waals surface area contributed by atoms with Crippen LogP contribution in [0.1, 0.15) is 18.4 Å². The third-order valence-electron chi connectivity index (χ3n) is 3.00.